The molecule has 0 saturated carbocycles. The summed E-state index contributed by atoms with van der Waals surface area (Å²) in [6, 6.07) is -1.03. The van der Waals surface area contributed by atoms with E-state index in [1.54, 1.807) is 6.08 Å². The summed E-state index contributed by atoms with van der Waals surface area (Å²) in [7, 11) is 0. The third-order valence-corrected chi connectivity index (χ3v) is 16.3. The zero-order valence-electron chi connectivity index (χ0n) is 54.3. The van der Waals surface area contributed by atoms with Gasteiger partial charge in [0.15, 0.2) is 12.4 Å². The predicted octanol–water partition coefficient (Wildman–Crippen LogP) is 17.9. The van der Waals surface area contributed by atoms with Crippen molar-refractivity contribution < 1.29 is 49.3 Å². The van der Waals surface area contributed by atoms with E-state index >= 15 is 0 Å². The van der Waals surface area contributed by atoms with Gasteiger partial charge in [-0.1, -0.05) is 286 Å². The summed E-state index contributed by atoms with van der Waals surface area (Å²) in [5.41, 5.74) is 0. The third-order valence-electron chi connectivity index (χ3n) is 16.3. The van der Waals surface area contributed by atoms with E-state index in [1.807, 2.05) is 6.08 Å². The molecule has 1 amide bonds. The summed E-state index contributed by atoms with van der Waals surface area (Å²) in [5, 5.41) is 57.2. The molecule has 1 aliphatic rings. The molecule has 488 valence electrons. The van der Waals surface area contributed by atoms with E-state index in [0.29, 0.717) is 12.8 Å². The van der Waals surface area contributed by atoms with Crippen LogP contribution < -0.4 is 5.32 Å². The fourth-order valence-corrected chi connectivity index (χ4v) is 10.7. The van der Waals surface area contributed by atoms with E-state index in [2.05, 4.69) is 86.8 Å². The highest BCUT2D eigenvalue weighted by atomic mass is 16.7. The average Bonchev–Trinajstić information content (AvgIpc) is 3.67. The SMILES string of the molecule is CCCCC/C=C\C/C=C\C/C=C\C/C=C\CCCCCCCCCCCCC(O)C(=O)NC(COC1OC(CO)C(O)C(O)C1OC(=O)CCCCCCCCC/C=C/CCCCCCCC)C(O)/C=C/CCCCCCCCCCCC. The summed E-state index contributed by atoms with van der Waals surface area (Å²) >= 11 is 0. The summed E-state index contributed by atoms with van der Waals surface area (Å²) in [4.78, 5) is 26.6. The molecule has 1 aliphatic heterocycles. The van der Waals surface area contributed by atoms with Crippen LogP contribution in [0.2, 0.25) is 0 Å². The van der Waals surface area contributed by atoms with Gasteiger partial charge in [-0.05, 0) is 96.3 Å². The number of aliphatic hydroxyl groups is 5. The molecule has 8 atom stereocenters. The van der Waals surface area contributed by atoms with Crippen molar-refractivity contribution in [1.29, 1.82) is 0 Å². The highest BCUT2D eigenvalue weighted by molar-refractivity contribution is 5.80. The number of hydrogen-bond acceptors (Lipinski definition) is 10. The number of aliphatic hydroxyl groups excluding tert-OH is 5. The first kappa shape index (κ1) is 79.1. The van der Waals surface area contributed by atoms with Crippen molar-refractivity contribution in [3.63, 3.8) is 0 Å². The van der Waals surface area contributed by atoms with Crippen molar-refractivity contribution in [2.45, 2.75) is 365 Å². The molecule has 6 N–H and O–H groups in total. The Hall–Kier alpha value is -2.90. The lowest BCUT2D eigenvalue weighted by Crippen LogP contribution is -2.61. The van der Waals surface area contributed by atoms with Gasteiger partial charge in [0.05, 0.1) is 25.4 Å². The molecule has 1 rings (SSSR count). The van der Waals surface area contributed by atoms with Gasteiger partial charge in [-0.3, -0.25) is 9.59 Å². The second-order valence-corrected chi connectivity index (χ2v) is 24.3. The van der Waals surface area contributed by atoms with Gasteiger partial charge in [0.1, 0.15) is 24.4 Å². The van der Waals surface area contributed by atoms with Gasteiger partial charge in [-0.2, -0.15) is 0 Å². The topological polar surface area (TPSA) is 175 Å². The van der Waals surface area contributed by atoms with Crippen molar-refractivity contribution in [1.82, 2.24) is 5.32 Å². The van der Waals surface area contributed by atoms with Gasteiger partial charge in [0, 0.05) is 6.42 Å². The Morgan fingerprint density at radius 1 is 0.464 bits per heavy atom. The minimum absolute atomic E-state index is 0.118. The van der Waals surface area contributed by atoms with Crippen molar-refractivity contribution in [2.24, 2.45) is 0 Å². The Labute approximate surface area is 515 Å². The highest BCUT2D eigenvalue weighted by Gasteiger charge is 2.47. The molecule has 0 aromatic heterocycles. The lowest BCUT2D eigenvalue weighted by atomic mass is 9.99. The monoisotopic (exact) mass is 1180 g/mol. The predicted molar refractivity (Wildman–Crippen MR) is 352 cm³/mol. The van der Waals surface area contributed by atoms with Crippen molar-refractivity contribution in [3.05, 3.63) is 72.9 Å². The van der Waals surface area contributed by atoms with Crippen LogP contribution in [0.3, 0.4) is 0 Å². The first-order valence-corrected chi connectivity index (χ1v) is 35.2. The van der Waals surface area contributed by atoms with E-state index < -0.39 is 67.4 Å². The molecule has 0 aromatic rings. The minimum atomic E-state index is -1.62. The van der Waals surface area contributed by atoms with Gasteiger partial charge in [0.25, 0.3) is 0 Å². The van der Waals surface area contributed by atoms with Crippen LogP contribution in [0.4, 0.5) is 0 Å². The van der Waals surface area contributed by atoms with E-state index in [-0.39, 0.29) is 19.4 Å². The van der Waals surface area contributed by atoms with Crippen LogP contribution in [-0.4, -0.2) is 99.6 Å². The van der Waals surface area contributed by atoms with Crippen LogP contribution in [0.5, 0.6) is 0 Å². The molecule has 0 spiro atoms. The summed E-state index contributed by atoms with van der Waals surface area (Å²) in [5.74, 6) is -1.20. The molecule has 0 radical (unpaired) electrons. The third kappa shape index (κ3) is 47.2. The lowest BCUT2D eigenvalue weighted by Gasteiger charge is -2.41. The number of ether oxygens (including phenoxy) is 3. The quantitative estimate of drug-likeness (QED) is 0.0195. The van der Waals surface area contributed by atoms with Gasteiger partial charge < -0.3 is 45.1 Å². The van der Waals surface area contributed by atoms with E-state index in [1.165, 1.54) is 173 Å². The lowest BCUT2D eigenvalue weighted by molar-refractivity contribution is -0.305. The summed E-state index contributed by atoms with van der Waals surface area (Å²) in [6.45, 7) is 5.78. The minimum Gasteiger partial charge on any atom is -0.454 e. The van der Waals surface area contributed by atoms with Crippen LogP contribution in [0, 0.1) is 0 Å². The summed E-state index contributed by atoms with van der Waals surface area (Å²) in [6.07, 6.45) is 67.9. The molecule has 0 aliphatic carbocycles. The Morgan fingerprint density at radius 3 is 1.26 bits per heavy atom. The Kier molecular flexibility index (Phi) is 56.9. The maximum Gasteiger partial charge on any atom is 0.306 e. The average molecular weight is 1180 g/mol. The van der Waals surface area contributed by atoms with Crippen molar-refractivity contribution in [2.75, 3.05) is 13.2 Å². The Balaban J connectivity index is 2.58. The van der Waals surface area contributed by atoms with E-state index in [4.69, 9.17) is 14.2 Å². The summed E-state index contributed by atoms with van der Waals surface area (Å²) < 4.78 is 17.7. The van der Waals surface area contributed by atoms with Crippen molar-refractivity contribution in [3.8, 4) is 0 Å². The van der Waals surface area contributed by atoms with Crippen molar-refractivity contribution >= 4 is 11.9 Å². The smallest absolute Gasteiger partial charge is 0.306 e. The Morgan fingerprint density at radius 2 is 0.821 bits per heavy atom. The molecule has 11 nitrogen and oxygen atoms in total. The number of hydrogen-bond donors (Lipinski definition) is 6. The second kappa shape index (κ2) is 60.4. The van der Waals surface area contributed by atoms with Crippen LogP contribution >= 0.6 is 0 Å². The zero-order chi connectivity index (χ0) is 61.0. The number of nitrogens with one attached hydrogen (secondary N) is 1. The number of esters is 1. The van der Waals surface area contributed by atoms with E-state index in [9.17, 15) is 35.1 Å². The van der Waals surface area contributed by atoms with Gasteiger partial charge in [-0.15, -0.1) is 0 Å². The molecular formula is C73H131NO10. The normalized spacial score (nSPS) is 18.9. The molecule has 11 heteroatoms. The Bertz CT molecular complexity index is 1640. The van der Waals surface area contributed by atoms with Crippen LogP contribution in [0.25, 0.3) is 0 Å². The molecule has 0 bridgehead atoms. The number of carbonyl (C=O) groups excluding carboxylic acids is 2. The largest absolute Gasteiger partial charge is 0.454 e. The molecule has 8 unspecified atom stereocenters. The number of rotatable bonds is 60. The maximum absolute atomic E-state index is 13.5. The molecular weight excluding hydrogens is 1050 g/mol. The first-order valence-electron chi connectivity index (χ1n) is 35.2. The van der Waals surface area contributed by atoms with E-state index in [0.717, 1.165) is 96.3 Å². The van der Waals surface area contributed by atoms with Gasteiger partial charge >= 0.3 is 5.97 Å². The number of unbranched alkanes of at least 4 members (excludes halogenated alkanes) is 36. The van der Waals surface area contributed by atoms with Gasteiger partial charge in [0.2, 0.25) is 5.91 Å². The van der Waals surface area contributed by atoms with Crippen LogP contribution in [-0.2, 0) is 23.8 Å². The maximum atomic E-state index is 13.5. The van der Waals surface area contributed by atoms with Gasteiger partial charge in [-0.25, -0.2) is 0 Å². The zero-order valence-corrected chi connectivity index (χ0v) is 54.3. The molecule has 1 fully saturated rings. The first-order chi connectivity index (χ1) is 41.2. The molecule has 0 aromatic carbocycles. The molecule has 1 saturated heterocycles. The highest BCUT2D eigenvalue weighted by Crippen LogP contribution is 2.26. The molecule has 84 heavy (non-hydrogen) atoms. The molecule has 1 heterocycles. The van der Waals surface area contributed by atoms with Crippen LogP contribution in [0.1, 0.15) is 316 Å². The van der Waals surface area contributed by atoms with Crippen LogP contribution in [0.15, 0.2) is 72.9 Å². The standard InChI is InChI=1S/C73H131NO10/c1-4-7-10-13-16-19-22-25-27-29-30-31-32-33-34-35-36-37-39-40-42-45-48-51-54-57-60-66(77)72(81)74-64(65(76)59-56-53-50-47-44-24-21-18-15-12-9-6-3)63-82-73-71(70(80)69(79)67(62-75)83-73)84-68(78)61-58-55-52-49-46-43-41-38-28-26-23-20-17-14-11-8-5-2/h16,19,25-28,30-31,33-34,56,59,64-67,69-71,73,75-77,79-80H,4-15,17-18,20-24,29,32,35-55,57-58,60-63H2,1-3H3,(H,74,81)/b19-16-,27-25-,28-26+,31-30-,34-33-,59-56+. The number of carbonyl (C=O) groups is 2. The fourth-order valence-electron chi connectivity index (χ4n) is 10.7. The second-order valence-electron chi connectivity index (χ2n) is 24.3. The number of allylic oxidation sites excluding steroid dienone is 11. The number of amides is 1. The fraction of sp³-hybridized carbons (Fsp3) is 0.808.